The molecule has 0 aliphatic carbocycles. The molecule has 2 rings (SSSR count). The van der Waals surface area contributed by atoms with Crippen molar-refractivity contribution in [1.82, 2.24) is 5.32 Å². The number of benzene rings is 2. The topological polar surface area (TPSA) is 70.2 Å². The first-order chi connectivity index (χ1) is 10.9. The molecule has 0 saturated heterocycles. The molecule has 0 aliphatic heterocycles. The van der Waals surface area contributed by atoms with Gasteiger partial charge >= 0.3 is 6.03 Å². The zero-order valence-electron chi connectivity index (χ0n) is 11.7. The summed E-state index contributed by atoms with van der Waals surface area (Å²) in [7, 11) is 0. The van der Waals surface area contributed by atoms with Crippen LogP contribution >= 0.6 is 39.1 Å². The number of carbonyl (C=O) groups is 2. The molecule has 0 aliphatic rings. The molecule has 0 bridgehead atoms. The van der Waals surface area contributed by atoms with Gasteiger partial charge in [0.1, 0.15) is 0 Å². The van der Waals surface area contributed by atoms with E-state index in [2.05, 4.69) is 31.9 Å². The Hall–Kier alpha value is -1.76. The third-order valence-electron chi connectivity index (χ3n) is 2.71. The number of halogens is 3. The van der Waals surface area contributed by atoms with Gasteiger partial charge in [0.2, 0.25) is 5.91 Å². The third-order valence-corrected chi connectivity index (χ3v) is 3.98. The third kappa shape index (κ3) is 5.74. The number of hydrogen-bond acceptors (Lipinski definition) is 2. The lowest BCUT2D eigenvalue weighted by Crippen LogP contribution is -2.35. The number of anilines is 2. The average Bonchev–Trinajstić information content (AvgIpc) is 2.51. The summed E-state index contributed by atoms with van der Waals surface area (Å²) in [6, 6.07) is 11.3. The van der Waals surface area contributed by atoms with Crippen LogP contribution in [0.3, 0.4) is 0 Å². The van der Waals surface area contributed by atoms with E-state index in [1.165, 1.54) is 6.07 Å². The summed E-state index contributed by atoms with van der Waals surface area (Å²) in [6.07, 6.45) is 0. The smallest absolute Gasteiger partial charge is 0.319 e. The molecule has 120 valence electrons. The van der Waals surface area contributed by atoms with E-state index in [0.717, 1.165) is 4.47 Å². The fraction of sp³-hybridized carbons (Fsp3) is 0.0667. The van der Waals surface area contributed by atoms with Gasteiger partial charge in [-0.2, -0.15) is 0 Å². The summed E-state index contributed by atoms with van der Waals surface area (Å²) < 4.78 is 0.912. The molecule has 0 spiro atoms. The second-order valence-corrected chi connectivity index (χ2v) is 6.22. The van der Waals surface area contributed by atoms with Crippen LogP contribution in [0.1, 0.15) is 0 Å². The predicted octanol–water partition coefficient (Wildman–Crippen LogP) is 4.52. The maximum absolute atomic E-state index is 11.7. The molecule has 0 atom stereocenters. The minimum atomic E-state index is -0.519. The van der Waals surface area contributed by atoms with Crippen LogP contribution in [0.2, 0.25) is 10.0 Å². The number of rotatable bonds is 4. The number of amides is 3. The number of hydrogen-bond donors (Lipinski definition) is 3. The minimum absolute atomic E-state index is 0.163. The Balaban J connectivity index is 1.80. The second-order valence-electron chi connectivity index (χ2n) is 4.49. The van der Waals surface area contributed by atoms with Crippen molar-refractivity contribution in [2.75, 3.05) is 17.2 Å². The van der Waals surface area contributed by atoms with E-state index in [1.807, 2.05) is 0 Å². The summed E-state index contributed by atoms with van der Waals surface area (Å²) >= 11 is 15.0. The Morgan fingerprint density at radius 3 is 2.22 bits per heavy atom. The van der Waals surface area contributed by atoms with Crippen molar-refractivity contribution in [3.05, 3.63) is 57.0 Å². The summed E-state index contributed by atoms with van der Waals surface area (Å²) in [5.74, 6) is -0.336. The molecular weight excluding hydrogens is 405 g/mol. The monoisotopic (exact) mass is 415 g/mol. The van der Waals surface area contributed by atoms with E-state index in [9.17, 15) is 9.59 Å². The van der Waals surface area contributed by atoms with Crippen LogP contribution in [0.4, 0.5) is 16.2 Å². The highest BCUT2D eigenvalue weighted by Gasteiger charge is 2.07. The first-order valence-corrected chi connectivity index (χ1v) is 8.04. The Bertz CT molecular complexity index is 723. The van der Waals surface area contributed by atoms with Crippen molar-refractivity contribution < 1.29 is 9.59 Å². The van der Waals surface area contributed by atoms with Gasteiger partial charge in [0.15, 0.2) is 0 Å². The first-order valence-electron chi connectivity index (χ1n) is 6.49. The predicted molar refractivity (Wildman–Crippen MR) is 96.3 cm³/mol. The van der Waals surface area contributed by atoms with E-state index in [4.69, 9.17) is 23.2 Å². The molecule has 8 heteroatoms. The van der Waals surface area contributed by atoms with Crippen molar-refractivity contribution >= 4 is 62.4 Å². The summed E-state index contributed by atoms with van der Waals surface area (Å²) in [4.78, 5) is 23.5. The van der Waals surface area contributed by atoms with Crippen molar-refractivity contribution in [3.63, 3.8) is 0 Å². The van der Waals surface area contributed by atoms with Gasteiger partial charge in [0.25, 0.3) is 0 Å². The van der Waals surface area contributed by atoms with Crippen molar-refractivity contribution in [1.29, 1.82) is 0 Å². The van der Waals surface area contributed by atoms with E-state index in [-0.39, 0.29) is 12.5 Å². The standard InChI is InChI=1S/C15H12BrCl2N3O2/c16-9-1-3-10(4-2-9)20-14(22)8-19-15(23)21-11-5-6-12(17)13(18)7-11/h1-7H,8H2,(H,20,22)(H2,19,21,23). The molecule has 3 amide bonds. The van der Waals surface area contributed by atoms with Crippen molar-refractivity contribution in [2.45, 2.75) is 0 Å². The average molecular weight is 417 g/mol. The maximum atomic E-state index is 11.7. The lowest BCUT2D eigenvalue weighted by atomic mass is 10.3. The first kappa shape index (κ1) is 17.6. The molecule has 5 nitrogen and oxygen atoms in total. The van der Waals surface area contributed by atoms with Crippen LogP contribution in [0, 0.1) is 0 Å². The van der Waals surface area contributed by atoms with E-state index < -0.39 is 6.03 Å². The molecule has 0 aromatic heterocycles. The van der Waals surface area contributed by atoms with Gasteiger partial charge in [-0.25, -0.2) is 4.79 Å². The minimum Gasteiger partial charge on any atom is -0.329 e. The Morgan fingerprint density at radius 1 is 0.913 bits per heavy atom. The van der Waals surface area contributed by atoms with Crippen LogP contribution in [-0.4, -0.2) is 18.5 Å². The maximum Gasteiger partial charge on any atom is 0.319 e. The molecular formula is C15H12BrCl2N3O2. The Kier molecular flexibility index (Phi) is 6.27. The second kappa shape index (κ2) is 8.19. The number of urea groups is 1. The number of carbonyl (C=O) groups excluding carboxylic acids is 2. The lowest BCUT2D eigenvalue weighted by molar-refractivity contribution is -0.115. The Labute approximate surface area is 151 Å². The highest BCUT2D eigenvalue weighted by atomic mass is 79.9. The van der Waals surface area contributed by atoms with Gasteiger partial charge < -0.3 is 16.0 Å². The lowest BCUT2D eigenvalue weighted by Gasteiger charge is -2.09. The molecule has 2 aromatic rings. The molecule has 0 heterocycles. The molecule has 0 fully saturated rings. The SMILES string of the molecule is O=C(CNC(=O)Nc1ccc(Cl)c(Cl)c1)Nc1ccc(Br)cc1. The largest absolute Gasteiger partial charge is 0.329 e. The van der Waals surface area contributed by atoms with E-state index in [1.54, 1.807) is 36.4 Å². The van der Waals surface area contributed by atoms with E-state index in [0.29, 0.717) is 21.4 Å². The van der Waals surface area contributed by atoms with E-state index >= 15 is 0 Å². The van der Waals surface area contributed by atoms with Crippen molar-refractivity contribution in [3.8, 4) is 0 Å². The number of nitrogens with one attached hydrogen (secondary N) is 3. The molecule has 23 heavy (non-hydrogen) atoms. The molecule has 2 aromatic carbocycles. The summed E-state index contributed by atoms with van der Waals surface area (Å²) in [5.41, 5.74) is 1.12. The van der Waals surface area contributed by atoms with Crippen LogP contribution in [-0.2, 0) is 4.79 Å². The zero-order chi connectivity index (χ0) is 16.8. The van der Waals surface area contributed by atoms with Gasteiger partial charge in [-0.05, 0) is 42.5 Å². The van der Waals surface area contributed by atoms with Gasteiger partial charge in [0, 0.05) is 15.8 Å². The van der Waals surface area contributed by atoms with Crippen LogP contribution in [0.5, 0.6) is 0 Å². The van der Waals surface area contributed by atoms with Gasteiger partial charge in [-0.1, -0.05) is 39.1 Å². The van der Waals surface area contributed by atoms with Crippen LogP contribution in [0.25, 0.3) is 0 Å². The van der Waals surface area contributed by atoms with Gasteiger partial charge in [0.05, 0.1) is 16.6 Å². The normalized spacial score (nSPS) is 10.0. The highest BCUT2D eigenvalue weighted by Crippen LogP contribution is 2.24. The van der Waals surface area contributed by atoms with Crippen LogP contribution in [0.15, 0.2) is 46.9 Å². The fourth-order valence-electron chi connectivity index (χ4n) is 1.65. The highest BCUT2D eigenvalue weighted by molar-refractivity contribution is 9.10. The molecule has 0 radical (unpaired) electrons. The Morgan fingerprint density at radius 2 is 1.57 bits per heavy atom. The molecule has 0 saturated carbocycles. The zero-order valence-corrected chi connectivity index (χ0v) is 14.8. The van der Waals surface area contributed by atoms with Gasteiger partial charge in [-0.3, -0.25) is 4.79 Å². The fourth-order valence-corrected chi connectivity index (χ4v) is 2.21. The summed E-state index contributed by atoms with van der Waals surface area (Å²) in [6.45, 7) is -0.163. The van der Waals surface area contributed by atoms with Crippen LogP contribution < -0.4 is 16.0 Å². The molecule has 3 N–H and O–H groups in total. The van der Waals surface area contributed by atoms with Crippen molar-refractivity contribution in [2.24, 2.45) is 0 Å². The quantitative estimate of drug-likeness (QED) is 0.685. The molecule has 0 unspecified atom stereocenters. The summed E-state index contributed by atoms with van der Waals surface area (Å²) in [5, 5.41) is 8.40. The van der Waals surface area contributed by atoms with Gasteiger partial charge in [-0.15, -0.1) is 0 Å².